The molecule has 1 amide bonds. The second-order valence-electron chi connectivity index (χ2n) is 2.55. The van der Waals surface area contributed by atoms with E-state index in [2.05, 4.69) is 0 Å². The van der Waals surface area contributed by atoms with E-state index < -0.39 is 18.5 Å². The Morgan fingerprint density at radius 3 is 2.38 bits per heavy atom. The van der Waals surface area contributed by atoms with E-state index in [9.17, 15) is 18.0 Å². The van der Waals surface area contributed by atoms with Crippen molar-refractivity contribution in [3.63, 3.8) is 0 Å². The zero-order chi connectivity index (χ0) is 10.3. The van der Waals surface area contributed by atoms with Crippen LogP contribution in [0, 0.1) is 0 Å². The quantitative estimate of drug-likeness (QED) is 0.688. The van der Waals surface area contributed by atoms with Crippen molar-refractivity contribution in [3.05, 3.63) is 0 Å². The third kappa shape index (κ3) is 11.6. The zero-order valence-electron chi connectivity index (χ0n) is 7.06. The molecule has 0 aromatic heterocycles. The topological polar surface area (TPSA) is 43.1 Å². The molecule has 2 nitrogen and oxygen atoms in total. The summed E-state index contributed by atoms with van der Waals surface area (Å²) in [6.45, 7) is 0. The lowest BCUT2D eigenvalue weighted by Crippen LogP contribution is -2.11. The van der Waals surface area contributed by atoms with E-state index in [0.29, 0.717) is 11.5 Å². The van der Waals surface area contributed by atoms with Crippen molar-refractivity contribution in [3.8, 4) is 0 Å². The maximum atomic E-state index is 11.6. The Morgan fingerprint density at radius 1 is 1.31 bits per heavy atom. The first kappa shape index (κ1) is 12.6. The molecule has 0 saturated carbocycles. The molecule has 0 aromatic carbocycles. The highest BCUT2D eigenvalue weighted by atomic mass is 32.2. The van der Waals surface area contributed by atoms with Gasteiger partial charge in [0.05, 0.1) is 0 Å². The Bertz CT molecular complexity index is 160. The molecule has 0 saturated heterocycles. The second kappa shape index (κ2) is 6.12. The Labute approximate surface area is 79.1 Å². The highest BCUT2D eigenvalue weighted by Gasteiger charge is 2.25. The normalized spacial score (nSPS) is 11.6. The van der Waals surface area contributed by atoms with Crippen LogP contribution >= 0.6 is 11.8 Å². The highest BCUT2D eigenvalue weighted by Crippen LogP contribution is 2.22. The summed E-state index contributed by atoms with van der Waals surface area (Å²) in [4.78, 5) is 10.2. The first-order valence-electron chi connectivity index (χ1n) is 3.84. The molecule has 0 unspecified atom stereocenters. The van der Waals surface area contributed by atoms with Crippen LogP contribution in [0.15, 0.2) is 0 Å². The standard InChI is InChI=1S/C7H12F3NOS/c8-7(9,10)3-1-4-13-5-2-6(11)12/h1-5H2,(H2,11,12). The van der Waals surface area contributed by atoms with Crippen LogP contribution in [0.5, 0.6) is 0 Å². The predicted molar refractivity (Wildman–Crippen MR) is 46.4 cm³/mol. The highest BCUT2D eigenvalue weighted by molar-refractivity contribution is 7.99. The molecule has 6 heteroatoms. The summed E-state index contributed by atoms with van der Waals surface area (Å²) >= 11 is 1.32. The van der Waals surface area contributed by atoms with E-state index in [-0.39, 0.29) is 12.8 Å². The van der Waals surface area contributed by atoms with Gasteiger partial charge in [0.25, 0.3) is 0 Å². The fourth-order valence-electron chi connectivity index (χ4n) is 0.649. The van der Waals surface area contributed by atoms with Gasteiger partial charge in [-0.25, -0.2) is 0 Å². The van der Waals surface area contributed by atoms with Crippen LogP contribution < -0.4 is 5.73 Å². The number of carbonyl (C=O) groups excluding carboxylic acids is 1. The van der Waals surface area contributed by atoms with Gasteiger partial charge in [-0.3, -0.25) is 4.79 Å². The van der Waals surface area contributed by atoms with Crippen molar-refractivity contribution in [2.45, 2.75) is 25.4 Å². The minimum absolute atomic E-state index is 0.104. The van der Waals surface area contributed by atoms with Crippen molar-refractivity contribution < 1.29 is 18.0 Å². The Kier molecular flexibility index (Phi) is 5.94. The number of thioether (sulfide) groups is 1. The lowest BCUT2D eigenvalue weighted by atomic mass is 10.3. The molecule has 0 aliphatic heterocycles. The molecule has 0 atom stereocenters. The van der Waals surface area contributed by atoms with Gasteiger partial charge >= 0.3 is 6.18 Å². The maximum Gasteiger partial charge on any atom is 0.389 e. The number of rotatable bonds is 6. The molecule has 0 aliphatic rings. The van der Waals surface area contributed by atoms with E-state index in [1.807, 2.05) is 0 Å². The van der Waals surface area contributed by atoms with Crippen molar-refractivity contribution in [1.82, 2.24) is 0 Å². The van der Waals surface area contributed by atoms with E-state index in [1.54, 1.807) is 0 Å². The first-order valence-corrected chi connectivity index (χ1v) is 5.00. The number of primary amides is 1. The lowest BCUT2D eigenvalue weighted by Gasteiger charge is -2.04. The maximum absolute atomic E-state index is 11.6. The third-order valence-electron chi connectivity index (χ3n) is 1.24. The summed E-state index contributed by atoms with van der Waals surface area (Å²) in [5, 5.41) is 0. The lowest BCUT2D eigenvalue weighted by molar-refractivity contribution is -0.134. The number of halogens is 3. The molecule has 78 valence electrons. The molecule has 0 radical (unpaired) electrons. The van der Waals surface area contributed by atoms with Gasteiger partial charge in [0.2, 0.25) is 5.91 Å². The number of hydrogen-bond donors (Lipinski definition) is 1. The molecule has 0 aromatic rings. The monoisotopic (exact) mass is 215 g/mol. The van der Waals surface area contributed by atoms with Gasteiger partial charge in [0, 0.05) is 18.6 Å². The van der Waals surface area contributed by atoms with Crippen molar-refractivity contribution >= 4 is 17.7 Å². The Balaban J connectivity index is 3.13. The number of hydrogen-bond acceptors (Lipinski definition) is 2. The van der Waals surface area contributed by atoms with E-state index in [0.717, 1.165) is 0 Å². The van der Waals surface area contributed by atoms with Gasteiger partial charge in [-0.15, -0.1) is 0 Å². The number of nitrogens with two attached hydrogens (primary N) is 1. The molecular weight excluding hydrogens is 203 g/mol. The third-order valence-corrected chi connectivity index (χ3v) is 2.31. The molecule has 0 rings (SSSR count). The summed E-state index contributed by atoms with van der Waals surface area (Å²) in [6.07, 6.45) is -4.48. The molecule has 2 N–H and O–H groups in total. The number of carbonyl (C=O) groups is 1. The molecule has 0 bridgehead atoms. The van der Waals surface area contributed by atoms with Crippen LogP contribution in [0.2, 0.25) is 0 Å². The van der Waals surface area contributed by atoms with Crippen LogP contribution in [0.3, 0.4) is 0 Å². The molecule has 13 heavy (non-hydrogen) atoms. The SMILES string of the molecule is NC(=O)CCSCCCC(F)(F)F. The van der Waals surface area contributed by atoms with Crippen LogP contribution in [0.25, 0.3) is 0 Å². The molecule has 0 spiro atoms. The van der Waals surface area contributed by atoms with Crippen LogP contribution in [0.1, 0.15) is 19.3 Å². The Morgan fingerprint density at radius 2 is 1.92 bits per heavy atom. The number of amides is 1. The smallest absolute Gasteiger partial charge is 0.370 e. The van der Waals surface area contributed by atoms with Crippen LogP contribution in [-0.4, -0.2) is 23.6 Å². The number of alkyl halides is 3. The van der Waals surface area contributed by atoms with Crippen molar-refractivity contribution in [1.29, 1.82) is 0 Å². The van der Waals surface area contributed by atoms with Gasteiger partial charge in [-0.05, 0) is 12.2 Å². The molecule has 0 heterocycles. The average Bonchev–Trinajstić information content (AvgIpc) is 1.93. The van der Waals surface area contributed by atoms with E-state index in [1.165, 1.54) is 11.8 Å². The molecular formula is C7H12F3NOS. The summed E-state index contributed by atoms with van der Waals surface area (Å²) in [7, 11) is 0. The minimum Gasteiger partial charge on any atom is -0.370 e. The van der Waals surface area contributed by atoms with Crippen LogP contribution in [0.4, 0.5) is 13.2 Å². The van der Waals surface area contributed by atoms with Crippen molar-refractivity contribution in [2.75, 3.05) is 11.5 Å². The average molecular weight is 215 g/mol. The van der Waals surface area contributed by atoms with Gasteiger partial charge in [-0.1, -0.05) is 0 Å². The Hall–Kier alpha value is -0.390. The first-order chi connectivity index (χ1) is 5.92. The van der Waals surface area contributed by atoms with E-state index in [4.69, 9.17) is 5.73 Å². The fourth-order valence-corrected chi connectivity index (χ4v) is 1.55. The van der Waals surface area contributed by atoms with Gasteiger partial charge in [0.15, 0.2) is 0 Å². The molecule has 0 fully saturated rings. The van der Waals surface area contributed by atoms with E-state index >= 15 is 0 Å². The van der Waals surface area contributed by atoms with Gasteiger partial charge in [0.1, 0.15) is 0 Å². The van der Waals surface area contributed by atoms with Gasteiger partial charge in [-0.2, -0.15) is 24.9 Å². The fraction of sp³-hybridized carbons (Fsp3) is 0.857. The molecule has 0 aliphatic carbocycles. The predicted octanol–water partition coefficient (Wildman–Crippen LogP) is 1.94. The minimum atomic E-state index is -4.07. The summed E-state index contributed by atoms with van der Waals surface area (Å²) < 4.78 is 34.8. The van der Waals surface area contributed by atoms with Gasteiger partial charge < -0.3 is 5.73 Å². The van der Waals surface area contributed by atoms with Crippen molar-refractivity contribution in [2.24, 2.45) is 5.73 Å². The zero-order valence-corrected chi connectivity index (χ0v) is 7.88. The summed E-state index contributed by atoms with van der Waals surface area (Å²) in [5.41, 5.74) is 4.84. The largest absolute Gasteiger partial charge is 0.389 e. The van der Waals surface area contributed by atoms with Crippen LogP contribution in [-0.2, 0) is 4.79 Å². The summed E-state index contributed by atoms with van der Waals surface area (Å²) in [5.74, 6) is 0.517. The second-order valence-corrected chi connectivity index (χ2v) is 3.77. The summed E-state index contributed by atoms with van der Waals surface area (Å²) in [6, 6.07) is 0.